The molecule has 3 heterocycles. The van der Waals surface area contributed by atoms with Crippen molar-refractivity contribution < 1.29 is 0 Å². The lowest BCUT2D eigenvalue weighted by atomic mass is 10.00. The molecular formula is C21H24ClN5S. The van der Waals surface area contributed by atoms with E-state index in [1.807, 2.05) is 45.2 Å². The van der Waals surface area contributed by atoms with Crippen LogP contribution in [0, 0.1) is 20.8 Å². The molecule has 4 rings (SSSR count). The molecule has 28 heavy (non-hydrogen) atoms. The average molecular weight is 414 g/mol. The second-order valence-corrected chi connectivity index (χ2v) is 8.30. The maximum absolute atomic E-state index is 6.03. The molecule has 0 unspecified atom stereocenters. The Labute approximate surface area is 174 Å². The largest absolute Gasteiger partial charge is 0.392 e. The van der Waals surface area contributed by atoms with Crippen molar-refractivity contribution in [3.63, 3.8) is 0 Å². The van der Waals surface area contributed by atoms with Crippen LogP contribution in [0.5, 0.6) is 0 Å². The van der Waals surface area contributed by atoms with Crippen molar-refractivity contribution in [2.75, 3.05) is 7.05 Å². The number of rotatable bonds is 2. The molecule has 2 aromatic heterocycles. The zero-order valence-electron chi connectivity index (χ0n) is 16.8. The van der Waals surface area contributed by atoms with Gasteiger partial charge in [0.05, 0.1) is 5.71 Å². The fourth-order valence-electron chi connectivity index (χ4n) is 2.89. The summed E-state index contributed by atoms with van der Waals surface area (Å²) in [6.07, 6.45) is 0. The summed E-state index contributed by atoms with van der Waals surface area (Å²) in [6.45, 7) is 12.3. The molecule has 0 atom stereocenters. The highest BCUT2D eigenvalue weighted by atomic mass is 35.5. The standard InChI is InChI=1S/C17H15ClN4S.C4H9N/c1-9-10(2)23-17-15(9)16(12-4-6-13(18)7-5-12)19-8-14-21-20-11(3)22(14)17;1-4(2)5-3/h4-7H,8H2,1-3H3;5H,1H2,2-3H3. The van der Waals surface area contributed by atoms with E-state index in [1.54, 1.807) is 11.3 Å². The molecule has 0 saturated carbocycles. The number of thiophene rings is 1. The van der Waals surface area contributed by atoms with Crippen LogP contribution < -0.4 is 5.32 Å². The molecule has 1 N–H and O–H groups in total. The Hall–Kier alpha value is -2.44. The first-order valence-electron chi connectivity index (χ1n) is 8.98. The van der Waals surface area contributed by atoms with Gasteiger partial charge in [0.15, 0.2) is 5.82 Å². The van der Waals surface area contributed by atoms with Gasteiger partial charge in [0.25, 0.3) is 0 Å². The summed E-state index contributed by atoms with van der Waals surface area (Å²) in [5, 5.41) is 13.2. The molecule has 146 valence electrons. The quantitative estimate of drug-likeness (QED) is 0.643. The molecule has 1 aromatic carbocycles. The number of hydrogen-bond donors (Lipinski definition) is 1. The molecule has 0 spiro atoms. The Morgan fingerprint density at radius 3 is 2.43 bits per heavy atom. The van der Waals surface area contributed by atoms with E-state index in [9.17, 15) is 0 Å². The molecule has 5 nitrogen and oxygen atoms in total. The van der Waals surface area contributed by atoms with Crippen molar-refractivity contribution >= 4 is 28.6 Å². The Kier molecular flexibility index (Phi) is 6.01. The molecule has 3 aromatic rings. The van der Waals surface area contributed by atoms with Gasteiger partial charge in [-0.25, -0.2) is 0 Å². The predicted octanol–water partition coefficient (Wildman–Crippen LogP) is 5.00. The number of hydrogen-bond acceptors (Lipinski definition) is 5. The number of fused-ring (bicyclic) bond motifs is 3. The summed E-state index contributed by atoms with van der Waals surface area (Å²) in [7, 11) is 1.85. The third-order valence-electron chi connectivity index (χ3n) is 4.62. The summed E-state index contributed by atoms with van der Waals surface area (Å²) >= 11 is 7.80. The maximum atomic E-state index is 6.03. The molecule has 7 heteroatoms. The molecule has 0 fully saturated rings. The van der Waals surface area contributed by atoms with Crippen LogP contribution in [0.25, 0.3) is 5.00 Å². The van der Waals surface area contributed by atoms with Crippen molar-refractivity contribution in [3.8, 4) is 5.00 Å². The van der Waals surface area contributed by atoms with E-state index < -0.39 is 0 Å². The molecule has 1 aliphatic heterocycles. The number of halogens is 1. The topological polar surface area (TPSA) is 55.1 Å². The fourth-order valence-corrected chi connectivity index (χ4v) is 4.24. The van der Waals surface area contributed by atoms with Gasteiger partial charge in [-0.15, -0.1) is 21.5 Å². The maximum Gasteiger partial charge on any atom is 0.160 e. The Balaban J connectivity index is 0.000000403. The number of aryl methyl sites for hydroxylation is 2. The lowest BCUT2D eigenvalue weighted by molar-refractivity contribution is 0.869. The third-order valence-corrected chi connectivity index (χ3v) is 6.07. The van der Waals surface area contributed by atoms with Gasteiger partial charge in [-0.05, 0) is 51.1 Å². The van der Waals surface area contributed by atoms with Gasteiger partial charge in [-0.2, -0.15) is 0 Å². The highest BCUT2D eigenvalue weighted by Crippen LogP contribution is 2.36. The summed E-state index contributed by atoms with van der Waals surface area (Å²) in [6, 6.07) is 7.86. The lowest BCUT2D eigenvalue weighted by Gasteiger charge is -2.09. The predicted molar refractivity (Wildman–Crippen MR) is 118 cm³/mol. The summed E-state index contributed by atoms with van der Waals surface area (Å²) < 4.78 is 2.13. The molecule has 0 bridgehead atoms. The second-order valence-electron chi connectivity index (χ2n) is 6.66. The normalized spacial score (nSPS) is 12.1. The molecular weight excluding hydrogens is 390 g/mol. The molecule has 0 amide bonds. The van der Waals surface area contributed by atoms with Gasteiger partial charge in [-0.1, -0.05) is 30.3 Å². The number of allylic oxidation sites excluding steroid dienone is 1. The van der Waals surface area contributed by atoms with Crippen molar-refractivity contribution in [2.45, 2.75) is 34.2 Å². The monoisotopic (exact) mass is 413 g/mol. The number of aromatic nitrogens is 3. The Morgan fingerprint density at radius 2 is 1.82 bits per heavy atom. The van der Waals surface area contributed by atoms with Crippen LogP contribution in [-0.4, -0.2) is 27.5 Å². The SMILES string of the molecule is C=C(C)NC.Cc1sc2c(c1C)C(c1ccc(Cl)cc1)=NCc1nnc(C)n1-2. The number of nitrogens with one attached hydrogen (secondary N) is 1. The minimum absolute atomic E-state index is 0.526. The van der Waals surface area contributed by atoms with Crippen LogP contribution in [0.4, 0.5) is 0 Å². The molecule has 1 aliphatic rings. The summed E-state index contributed by atoms with van der Waals surface area (Å²) in [5.41, 5.74) is 5.53. The Morgan fingerprint density at radius 1 is 1.18 bits per heavy atom. The van der Waals surface area contributed by atoms with Gasteiger partial charge in [-0.3, -0.25) is 9.56 Å². The van der Waals surface area contributed by atoms with E-state index in [2.05, 4.69) is 40.5 Å². The van der Waals surface area contributed by atoms with Crippen molar-refractivity contribution in [1.29, 1.82) is 0 Å². The second kappa shape index (κ2) is 8.29. The number of nitrogens with zero attached hydrogens (tertiary/aromatic N) is 4. The van der Waals surface area contributed by atoms with E-state index in [0.717, 1.165) is 38.6 Å². The lowest BCUT2D eigenvalue weighted by Crippen LogP contribution is -2.07. The van der Waals surface area contributed by atoms with Crippen molar-refractivity contribution in [1.82, 2.24) is 20.1 Å². The van der Waals surface area contributed by atoms with E-state index in [1.165, 1.54) is 16.0 Å². The molecule has 0 saturated heterocycles. The minimum atomic E-state index is 0.526. The zero-order chi connectivity index (χ0) is 20.4. The fraction of sp³-hybridized carbons (Fsp3) is 0.286. The highest BCUT2D eigenvalue weighted by molar-refractivity contribution is 7.15. The Bertz CT molecular complexity index is 1040. The van der Waals surface area contributed by atoms with Gasteiger partial charge in [0.2, 0.25) is 0 Å². The average Bonchev–Trinajstić information content (AvgIpc) is 3.11. The van der Waals surface area contributed by atoms with Crippen molar-refractivity contribution in [3.05, 3.63) is 74.8 Å². The first-order chi connectivity index (χ1) is 13.3. The summed E-state index contributed by atoms with van der Waals surface area (Å²) in [5.74, 6) is 1.78. The van der Waals surface area contributed by atoms with Crippen LogP contribution in [0.2, 0.25) is 5.02 Å². The first kappa shape index (κ1) is 20.3. The highest BCUT2D eigenvalue weighted by Gasteiger charge is 2.26. The van der Waals surface area contributed by atoms with Crippen LogP contribution in [0.1, 0.15) is 40.1 Å². The smallest absolute Gasteiger partial charge is 0.160 e. The molecule has 0 aliphatic carbocycles. The minimum Gasteiger partial charge on any atom is -0.392 e. The van der Waals surface area contributed by atoms with E-state index in [-0.39, 0.29) is 0 Å². The van der Waals surface area contributed by atoms with E-state index in [4.69, 9.17) is 16.6 Å². The third kappa shape index (κ3) is 3.88. The number of aliphatic imine (C=N–C) groups is 1. The van der Waals surface area contributed by atoms with Crippen LogP contribution in [0.15, 0.2) is 41.5 Å². The summed E-state index contributed by atoms with van der Waals surface area (Å²) in [4.78, 5) is 6.14. The van der Waals surface area contributed by atoms with Gasteiger partial charge in [0, 0.05) is 28.1 Å². The zero-order valence-corrected chi connectivity index (χ0v) is 18.4. The van der Waals surface area contributed by atoms with Gasteiger partial charge in [0.1, 0.15) is 17.4 Å². The van der Waals surface area contributed by atoms with E-state index in [0.29, 0.717) is 6.54 Å². The van der Waals surface area contributed by atoms with Crippen LogP contribution in [0.3, 0.4) is 0 Å². The first-order valence-corrected chi connectivity index (χ1v) is 10.2. The van der Waals surface area contributed by atoms with Crippen molar-refractivity contribution in [2.24, 2.45) is 4.99 Å². The van der Waals surface area contributed by atoms with Gasteiger partial charge >= 0.3 is 0 Å². The van der Waals surface area contributed by atoms with Crippen LogP contribution >= 0.6 is 22.9 Å². The number of benzene rings is 1. The molecule has 0 radical (unpaired) electrons. The van der Waals surface area contributed by atoms with Gasteiger partial charge < -0.3 is 5.32 Å². The van der Waals surface area contributed by atoms with Crippen LogP contribution in [-0.2, 0) is 6.54 Å². The van der Waals surface area contributed by atoms with E-state index >= 15 is 0 Å².